The van der Waals surface area contributed by atoms with Gasteiger partial charge in [0.1, 0.15) is 0 Å². The van der Waals surface area contributed by atoms with E-state index in [1.165, 1.54) is 0 Å². The summed E-state index contributed by atoms with van der Waals surface area (Å²) in [4.78, 5) is 11.0. The van der Waals surface area contributed by atoms with Gasteiger partial charge < -0.3 is 20.3 Å². The Bertz CT molecular complexity index is 1280. The summed E-state index contributed by atoms with van der Waals surface area (Å²) in [6, 6.07) is 14.0. The van der Waals surface area contributed by atoms with Crippen molar-refractivity contribution in [3.05, 3.63) is 67.3 Å². The second-order valence-corrected chi connectivity index (χ2v) is 8.78. The molecule has 4 aromatic rings. The van der Waals surface area contributed by atoms with Crippen molar-refractivity contribution in [2.75, 3.05) is 28.6 Å². The number of thiocarbonyl (C=S) groups is 1. The smallest absolute Gasteiger partial charge is 0.177 e. The molecular weight excluding hydrogens is 434 g/mol. The Morgan fingerprint density at radius 1 is 1.00 bits per heavy atom. The van der Waals surface area contributed by atoms with Crippen LogP contribution in [-0.2, 0) is 4.74 Å². The first-order chi connectivity index (χ1) is 16.2. The summed E-state index contributed by atoms with van der Waals surface area (Å²) in [5.74, 6) is 0. The highest BCUT2D eigenvalue weighted by Gasteiger charge is 2.34. The van der Waals surface area contributed by atoms with E-state index in [0.717, 1.165) is 59.9 Å². The fourth-order valence-electron chi connectivity index (χ4n) is 4.54. The molecule has 6 rings (SSSR count). The van der Waals surface area contributed by atoms with Gasteiger partial charge in [-0.2, -0.15) is 5.10 Å². The average molecular weight is 458 g/mol. The summed E-state index contributed by atoms with van der Waals surface area (Å²) in [6.07, 6.45) is 10.0. The highest BCUT2D eigenvalue weighted by atomic mass is 32.1. The molecule has 33 heavy (non-hydrogen) atoms. The molecule has 5 heterocycles. The van der Waals surface area contributed by atoms with Gasteiger partial charge in [0.05, 0.1) is 35.5 Å². The van der Waals surface area contributed by atoms with Crippen molar-refractivity contribution in [3.63, 3.8) is 0 Å². The van der Waals surface area contributed by atoms with Crippen molar-refractivity contribution in [2.24, 2.45) is 0 Å². The third-order valence-electron chi connectivity index (χ3n) is 6.08. The Balaban J connectivity index is 1.23. The number of hydrogen-bond acceptors (Lipinski definition) is 6. The van der Waals surface area contributed by atoms with E-state index in [9.17, 15) is 0 Å². The maximum Gasteiger partial charge on any atom is 0.177 e. The van der Waals surface area contributed by atoms with E-state index < -0.39 is 0 Å². The quantitative estimate of drug-likeness (QED) is 0.446. The highest BCUT2D eigenvalue weighted by molar-refractivity contribution is 7.80. The normalized spacial score (nSPS) is 19.6. The number of benzene rings is 1. The second-order valence-electron chi connectivity index (χ2n) is 8.37. The van der Waals surface area contributed by atoms with E-state index in [-0.39, 0.29) is 0 Å². The zero-order valence-electron chi connectivity index (χ0n) is 17.9. The van der Waals surface area contributed by atoms with Crippen LogP contribution in [-0.4, -0.2) is 50.0 Å². The van der Waals surface area contributed by atoms with E-state index in [1.807, 2.05) is 47.1 Å². The van der Waals surface area contributed by atoms with Crippen molar-refractivity contribution in [1.29, 1.82) is 0 Å². The number of aromatic nitrogens is 4. The third-order valence-corrected chi connectivity index (χ3v) is 6.29. The number of pyridine rings is 1. The Labute approximate surface area is 196 Å². The van der Waals surface area contributed by atoms with Crippen molar-refractivity contribution >= 4 is 40.0 Å². The molecule has 2 aliphatic rings. The monoisotopic (exact) mass is 457 g/mol. The van der Waals surface area contributed by atoms with Crippen LogP contribution in [0.15, 0.2) is 67.3 Å². The number of nitrogens with zero attached hydrogens (tertiary/aromatic N) is 5. The lowest BCUT2D eigenvalue weighted by Gasteiger charge is -2.34. The summed E-state index contributed by atoms with van der Waals surface area (Å²) >= 11 is 5.41. The van der Waals surface area contributed by atoms with Crippen LogP contribution in [0.25, 0.3) is 16.9 Å². The van der Waals surface area contributed by atoms with Gasteiger partial charge in [-0.3, -0.25) is 4.98 Å². The van der Waals surface area contributed by atoms with E-state index in [4.69, 9.17) is 22.1 Å². The molecule has 0 amide bonds. The van der Waals surface area contributed by atoms with Crippen molar-refractivity contribution in [2.45, 2.75) is 25.0 Å². The SMILES string of the molecule is S=C(Nc1ccc(-c2cc(N3CC4CCC(C3)O4)c3nccn3n2)cc1)Nc1cccnc1. The van der Waals surface area contributed by atoms with Gasteiger partial charge in [0.15, 0.2) is 10.8 Å². The number of rotatable bonds is 4. The summed E-state index contributed by atoms with van der Waals surface area (Å²) in [6.45, 7) is 1.79. The third kappa shape index (κ3) is 4.12. The first kappa shape index (κ1) is 20.1. The maximum absolute atomic E-state index is 6.03. The minimum atomic E-state index is 0.310. The highest BCUT2D eigenvalue weighted by Crippen LogP contribution is 2.33. The molecule has 1 aromatic carbocycles. The molecule has 0 radical (unpaired) electrons. The van der Waals surface area contributed by atoms with Gasteiger partial charge in [-0.25, -0.2) is 9.50 Å². The van der Waals surface area contributed by atoms with Gasteiger partial charge in [-0.05, 0) is 55.4 Å². The van der Waals surface area contributed by atoms with Gasteiger partial charge in [0.2, 0.25) is 0 Å². The first-order valence-electron chi connectivity index (χ1n) is 11.0. The number of morpholine rings is 1. The summed E-state index contributed by atoms with van der Waals surface area (Å²) in [7, 11) is 0. The van der Waals surface area contributed by atoms with Gasteiger partial charge in [0.25, 0.3) is 0 Å². The standard InChI is InChI=1S/C24H23N7OS/c33-24(28-18-2-1-9-25-13-18)27-17-5-3-16(4-6-17)21-12-22(23-26-10-11-31(23)29-21)30-14-19-7-8-20(15-30)32-19/h1-6,9-13,19-20H,7-8,14-15H2,(H2,27,28,33). The predicted molar refractivity (Wildman–Crippen MR) is 133 cm³/mol. The molecule has 2 N–H and O–H groups in total. The molecule has 0 aliphatic carbocycles. The molecule has 2 saturated heterocycles. The van der Waals surface area contributed by atoms with E-state index >= 15 is 0 Å². The van der Waals surface area contributed by atoms with Crippen LogP contribution in [0.5, 0.6) is 0 Å². The average Bonchev–Trinajstić information content (AvgIpc) is 3.45. The number of ether oxygens (including phenoxy) is 1. The van der Waals surface area contributed by atoms with Crippen LogP contribution < -0.4 is 15.5 Å². The van der Waals surface area contributed by atoms with E-state index in [0.29, 0.717) is 17.3 Å². The van der Waals surface area contributed by atoms with E-state index in [1.54, 1.807) is 18.6 Å². The molecule has 2 unspecified atom stereocenters. The number of imidazole rings is 1. The summed E-state index contributed by atoms with van der Waals surface area (Å²) < 4.78 is 7.89. The molecule has 2 bridgehead atoms. The fraction of sp³-hybridized carbons (Fsp3) is 0.250. The Hall–Kier alpha value is -3.56. The predicted octanol–water partition coefficient (Wildman–Crippen LogP) is 3.97. The second kappa shape index (κ2) is 8.42. The van der Waals surface area contributed by atoms with Crippen molar-refractivity contribution in [3.8, 4) is 11.3 Å². The van der Waals surface area contributed by atoms with Crippen LogP contribution in [0.4, 0.5) is 17.1 Å². The van der Waals surface area contributed by atoms with Crippen LogP contribution in [0, 0.1) is 0 Å². The van der Waals surface area contributed by atoms with Gasteiger partial charge in [-0.1, -0.05) is 12.1 Å². The zero-order valence-corrected chi connectivity index (χ0v) is 18.7. The molecule has 2 atom stereocenters. The molecule has 8 nitrogen and oxygen atoms in total. The van der Waals surface area contributed by atoms with Crippen molar-refractivity contribution < 1.29 is 4.74 Å². The number of fused-ring (bicyclic) bond motifs is 3. The van der Waals surface area contributed by atoms with Crippen molar-refractivity contribution in [1.82, 2.24) is 19.6 Å². The van der Waals surface area contributed by atoms with Crippen LogP contribution >= 0.6 is 12.2 Å². The summed E-state index contributed by atoms with van der Waals surface area (Å²) in [5.41, 5.74) is 5.65. The topological polar surface area (TPSA) is 79.6 Å². The molecule has 0 saturated carbocycles. The van der Waals surface area contributed by atoms with Crippen LogP contribution in [0.1, 0.15) is 12.8 Å². The fourth-order valence-corrected chi connectivity index (χ4v) is 4.78. The molecule has 2 aliphatic heterocycles. The van der Waals surface area contributed by atoms with Gasteiger partial charge >= 0.3 is 0 Å². The molecule has 3 aromatic heterocycles. The number of nitrogens with one attached hydrogen (secondary N) is 2. The van der Waals surface area contributed by atoms with E-state index in [2.05, 4.69) is 31.6 Å². The maximum atomic E-state index is 6.03. The lowest BCUT2D eigenvalue weighted by Crippen LogP contribution is -2.42. The van der Waals surface area contributed by atoms with Crippen LogP contribution in [0.3, 0.4) is 0 Å². The lowest BCUT2D eigenvalue weighted by molar-refractivity contribution is 0.0305. The minimum absolute atomic E-state index is 0.310. The molecule has 166 valence electrons. The Morgan fingerprint density at radius 2 is 1.79 bits per heavy atom. The minimum Gasteiger partial charge on any atom is -0.371 e. The number of hydrogen-bond donors (Lipinski definition) is 2. The summed E-state index contributed by atoms with van der Waals surface area (Å²) in [5, 5.41) is 11.6. The number of anilines is 3. The largest absolute Gasteiger partial charge is 0.371 e. The van der Waals surface area contributed by atoms with Gasteiger partial charge in [0, 0.05) is 42.9 Å². The zero-order chi connectivity index (χ0) is 22.2. The lowest BCUT2D eigenvalue weighted by atomic mass is 10.1. The van der Waals surface area contributed by atoms with Gasteiger partial charge in [-0.15, -0.1) is 0 Å². The Kier molecular flexibility index (Phi) is 5.12. The molecule has 0 spiro atoms. The molecule has 2 fully saturated rings. The molecular formula is C24H23N7OS. The first-order valence-corrected chi connectivity index (χ1v) is 11.5. The Morgan fingerprint density at radius 3 is 2.55 bits per heavy atom. The van der Waals surface area contributed by atoms with Crippen LogP contribution in [0.2, 0.25) is 0 Å². The molecule has 9 heteroatoms.